The van der Waals surface area contributed by atoms with E-state index in [0.717, 1.165) is 38.5 Å². The molecule has 2 amide bonds. The number of benzene rings is 4. The quantitative estimate of drug-likeness (QED) is 0.143. The molecule has 46 heavy (non-hydrogen) atoms. The highest BCUT2D eigenvalue weighted by atomic mass is 16.6. The Labute approximate surface area is 267 Å². The van der Waals surface area contributed by atoms with Crippen LogP contribution in [-0.2, 0) is 6.54 Å². The predicted octanol–water partition coefficient (Wildman–Crippen LogP) is 6.47. The number of methoxy groups -OCH3 is 2. The molecule has 1 aliphatic heterocycles. The number of hydrogen-bond donors (Lipinski definition) is 2. The van der Waals surface area contributed by atoms with Gasteiger partial charge < -0.3 is 24.8 Å². The maximum absolute atomic E-state index is 13.7. The zero-order valence-electron chi connectivity index (χ0n) is 25.9. The van der Waals surface area contributed by atoms with Gasteiger partial charge in [0.05, 0.1) is 36.0 Å². The van der Waals surface area contributed by atoms with Crippen LogP contribution >= 0.6 is 0 Å². The van der Waals surface area contributed by atoms with Crippen molar-refractivity contribution in [3.63, 3.8) is 0 Å². The topological polar surface area (TPSA) is 132 Å². The first-order chi connectivity index (χ1) is 22.2. The number of anilines is 2. The summed E-state index contributed by atoms with van der Waals surface area (Å²) in [6.07, 6.45) is 1.41. The summed E-state index contributed by atoms with van der Waals surface area (Å²) in [6, 6.07) is 23.6. The van der Waals surface area contributed by atoms with E-state index in [2.05, 4.69) is 40.7 Å². The number of rotatable bonds is 11. The third-order valence-electron chi connectivity index (χ3n) is 7.97. The molecule has 1 aliphatic rings. The van der Waals surface area contributed by atoms with E-state index in [4.69, 9.17) is 14.2 Å². The van der Waals surface area contributed by atoms with Crippen LogP contribution < -0.4 is 24.8 Å². The van der Waals surface area contributed by atoms with Gasteiger partial charge in [-0.3, -0.25) is 24.6 Å². The summed E-state index contributed by atoms with van der Waals surface area (Å²) in [6.45, 7) is 4.66. The minimum atomic E-state index is -0.589. The smallest absolute Gasteiger partial charge is 0.271 e. The van der Waals surface area contributed by atoms with E-state index in [1.54, 1.807) is 42.5 Å². The number of nitrogens with one attached hydrogen (secondary N) is 2. The summed E-state index contributed by atoms with van der Waals surface area (Å²) in [5.41, 5.74) is 3.00. The van der Waals surface area contributed by atoms with Crippen molar-refractivity contribution in [2.24, 2.45) is 0 Å². The lowest BCUT2D eigenvalue weighted by molar-refractivity contribution is -0.384. The zero-order chi connectivity index (χ0) is 32.6. The van der Waals surface area contributed by atoms with Crippen LogP contribution in [0, 0.1) is 17.0 Å². The van der Waals surface area contributed by atoms with Crippen molar-refractivity contribution in [2.75, 3.05) is 37.9 Å². The summed E-state index contributed by atoms with van der Waals surface area (Å²) < 4.78 is 16.9. The lowest BCUT2D eigenvalue weighted by atomic mass is 10.0. The molecule has 0 spiro atoms. The number of nitrogens with zero attached hydrogens (tertiary/aromatic N) is 2. The molecule has 0 atom stereocenters. The van der Waals surface area contributed by atoms with Gasteiger partial charge in [-0.25, -0.2) is 0 Å². The van der Waals surface area contributed by atoms with Crippen molar-refractivity contribution in [3.8, 4) is 17.2 Å². The predicted molar refractivity (Wildman–Crippen MR) is 175 cm³/mol. The van der Waals surface area contributed by atoms with Crippen LogP contribution in [0.5, 0.6) is 17.2 Å². The summed E-state index contributed by atoms with van der Waals surface area (Å²) in [4.78, 5) is 40.3. The zero-order valence-corrected chi connectivity index (χ0v) is 25.9. The fourth-order valence-corrected chi connectivity index (χ4v) is 5.32. The van der Waals surface area contributed by atoms with Crippen LogP contribution in [0.1, 0.15) is 44.7 Å². The van der Waals surface area contributed by atoms with Gasteiger partial charge in [-0.2, -0.15) is 0 Å². The molecule has 2 N–H and O–H groups in total. The molecule has 0 aliphatic carbocycles. The summed E-state index contributed by atoms with van der Waals surface area (Å²) in [5, 5.41) is 17.0. The second-order valence-electron chi connectivity index (χ2n) is 11.0. The fraction of sp³-hybridized carbons (Fsp3) is 0.257. The van der Waals surface area contributed by atoms with E-state index in [0.29, 0.717) is 22.9 Å². The van der Waals surface area contributed by atoms with Crippen molar-refractivity contribution < 1.29 is 28.7 Å². The van der Waals surface area contributed by atoms with Crippen LogP contribution in [-0.4, -0.2) is 55.1 Å². The van der Waals surface area contributed by atoms with Gasteiger partial charge in [0.2, 0.25) is 0 Å². The van der Waals surface area contributed by atoms with Gasteiger partial charge in [-0.15, -0.1) is 0 Å². The Balaban J connectivity index is 1.33. The van der Waals surface area contributed by atoms with E-state index in [1.807, 2.05) is 6.07 Å². The van der Waals surface area contributed by atoms with Crippen molar-refractivity contribution in [1.29, 1.82) is 0 Å². The molecule has 0 radical (unpaired) electrons. The fourth-order valence-electron chi connectivity index (χ4n) is 5.32. The molecule has 4 aromatic carbocycles. The lowest BCUT2D eigenvalue weighted by Crippen LogP contribution is -2.38. The van der Waals surface area contributed by atoms with E-state index in [-0.39, 0.29) is 28.6 Å². The number of aryl methyl sites for hydroxylation is 1. The Morgan fingerprint density at radius 3 is 2.17 bits per heavy atom. The minimum Gasteiger partial charge on any atom is -0.497 e. The molecular formula is C35H36N4O7. The molecule has 0 aromatic heterocycles. The first kappa shape index (κ1) is 32.0. The first-order valence-electron chi connectivity index (χ1n) is 14.9. The Morgan fingerprint density at radius 2 is 1.50 bits per heavy atom. The summed E-state index contributed by atoms with van der Waals surface area (Å²) in [5.74, 6) is 0.307. The third kappa shape index (κ3) is 7.80. The average molecular weight is 625 g/mol. The molecule has 238 valence electrons. The van der Waals surface area contributed by atoms with Crippen molar-refractivity contribution in [2.45, 2.75) is 32.4 Å². The highest BCUT2D eigenvalue weighted by Gasteiger charge is 2.25. The van der Waals surface area contributed by atoms with E-state index in [9.17, 15) is 19.7 Å². The number of hydrogen-bond acceptors (Lipinski definition) is 8. The molecule has 4 aromatic rings. The van der Waals surface area contributed by atoms with E-state index >= 15 is 0 Å². The van der Waals surface area contributed by atoms with Crippen LogP contribution in [0.15, 0.2) is 84.9 Å². The number of carbonyl (C=O) groups excluding carboxylic acids is 2. The molecule has 1 heterocycles. The summed E-state index contributed by atoms with van der Waals surface area (Å²) in [7, 11) is 3.06. The van der Waals surface area contributed by atoms with Gasteiger partial charge in [0, 0.05) is 43.5 Å². The molecule has 0 bridgehead atoms. The number of nitro benzene ring substituents is 1. The SMILES string of the molecule is COc1ccc(NC(=O)c2ccc([N+](=O)[O-])cc2NC(=O)c2ccc(OC)cc2OC2CCN(Cc3ccccc3C)CC2)cc1. The molecule has 1 saturated heterocycles. The molecule has 0 saturated carbocycles. The van der Waals surface area contributed by atoms with Crippen molar-refractivity contribution >= 4 is 28.9 Å². The summed E-state index contributed by atoms with van der Waals surface area (Å²) >= 11 is 0. The van der Waals surface area contributed by atoms with Crippen LogP contribution in [0.4, 0.5) is 17.1 Å². The van der Waals surface area contributed by atoms with E-state index < -0.39 is 16.7 Å². The number of amides is 2. The number of likely N-dealkylation sites (tertiary alicyclic amines) is 1. The van der Waals surface area contributed by atoms with Gasteiger partial charge in [0.15, 0.2) is 0 Å². The molecular weight excluding hydrogens is 588 g/mol. The lowest BCUT2D eigenvalue weighted by Gasteiger charge is -2.32. The molecule has 5 rings (SSSR count). The Morgan fingerprint density at radius 1 is 0.848 bits per heavy atom. The van der Waals surface area contributed by atoms with Gasteiger partial charge in [0.1, 0.15) is 23.4 Å². The second-order valence-corrected chi connectivity index (χ2v) is 11.0. The van der Waals surface area contributed by atoms with Gasteiger partial charge in [0.25, 0.3) is 17.5 Å². The van der Waals surface area contributed by atoms with E-state index in [1.165, 1.54) is 37.5 Å². The van der Waals surface area contributed by atoms with Crippen LogP contribution in [0.2, 0.25) is 0 Å². The largest absolute Gasteiger partial charge is 0.497 e. The standard InChI is InChI=1S/C35H36N4O7/c1-23-6-4-5-7-24(23)22-38-18-16-28(17-19-38)46-33-21-29(45-3)13-15-31(33)35(41)37-32-20-26(39(42)43)10-14-30(32)34(40)36-25-8-11-27(44-2)12-9-25/h4-15,20-21,28H,16-19,22H2,1-3H3,(H,36,40)(H,37,41). The normalized spacial score (nSPS) is 13.5. The van der Waals surface area contributed by atoms with Gasteiger partial charge in [-0.05, 0) is 73.4 Å². The maximum Gasteiger partial charge on any atom is 0.271 e. The second kappa shape index (κ2) is 14.6. The Kier molecular flexibility index (Phi) is 10.1. The number of nitro groups is 1. The van der Waals surface area contributed by atoms with Crippen LogP contribution in [0.3, 0.4) is 0 Å². The number of non-ortho nitro benzene ring substituents is 1. The highest BCUT2D eigenvalue weighted by Crippen LogP contribution is 2.31. The molecule has 0 unspecified atom stereocenters. The Hall–Kier alpha value is -5.42. The monoisotopic (exact) mass is 624 g/mol. The average Bonchev–Trinajstić information content (AvgIpc) is 3.06. The Bertz CT molecular complexity index is 1720. The number of carbonyl (C=O) groups is 2. The first-order valence-corrected chi connectivity index (χ1v) is 14.9. The molecule has 11 nitrogen and oxygen atoms in total. The molecule has 11 heteroatoms. The third-order valence-corrected chi connectivity index (χ3v) is 7.97. The van der Waals surface area contributed by atoms with Gasteiger partial charge in [-0.1, -0.05) is 24.3 Å². The number of piperidine rings is 1. The number of ether oxygens (including phenoxy) is 3. The minimum absolute atomic E-state index is 0.0171. The highest BCUT2D eigenvalue weighted by molar-refractivity contribution is 6.13. The molecule has 1 fully saturated rings. The van der Waals surface area contributed by atoms with Crippen molar-refractivity contribution in [1.82, 2.24) is 4.90 Å². The van der Waals surface area contributed by atoms with Crippen LogP contribution in [0.25, 0.3) is 0 Å². The maximum atomic E-state index is 13.7. The van der Waals surface area contributed by atoms with Gasteiger partial charge >= 0.3 is 0 Å². The van der Waals surface area contributed by atoms with Crippen molar-refractivity contribution in [3.05, 3.63) is 117 Å².